The molecule has 7 nitrogen and oxygen atoms in total. The standard InChI is InChI=1S/C13H14N4O3S2/c1-2-12-11-5-10(6-14-13(11)20-17-12)22(18,19)16-4-3-9-7-21-8-15-9/h5-8,16H,2-4H2,1H3. The number of hydrogen-bond acceptors (Lipinski definition) is 7. The van der Waals surface area contributed by atoms with E-state index in [-0.39, 0.29) is 11.4 Å². The van der Waals surface area contributed by atoms with Crippen molar-refractivity contribution in [2.45, 2.75) is 24.7 Å². The second-order valence-corrected chi connectivity index (χ2v) is 7.12. The highest BCUT2D eigenvalue weighted by Gasteiger charge is 2.17. The van der Waals surface area contributed by atoms with Crippen LogP contribution in [0.5, 0.6) is 0 Å². The van der Waals surface area contributed by atoms with E-state index in [9.17, 15) is 8.42 Å². The predicted octanol–water partition coefficient (Wildman–Crippen LogP) is 1.76. The van der Waals surface area contributed by atoms with Gasteiger partial charge in [0, 0.05) is 18.3 Å². The molecule has 3 rings (SSSR count). The zero-order chi connectivity index (χ0) is 15.6. The molecule has 0 radical (unpaired) electrons. The number of rotatable bonds is 6. The van der Waals surface area contributed by atoms with Gasteiger partial charge in [0.2, 0.25) is 10.0 Å². The molecule has 0 aliphatic heterocycles. The number of fused-ring (bicyclic) bond motifs is 1. The molecule has 3 aromatic heterocycles. The van der Waals surface area contributed by atoms with Gasteiger partial charge in [-0.1, -0.05) is 12.1 Å². The summed E-state index contributed by atoms with van der Waals surface area (Å²) in [7, 11) is -3.61. The summed E-state index contributed by atoms with van der Waals surface area (Å²) in [5.74, 6) is 0. The molecule has 0 spiro atoms. The number of nitrogens with one attached hydrogen (secondary N) is 1. The molecule has 3 aromatic rings. The smallest absolute Gasteiger partial charge is 0.258 e. The lowest BCUT2D eigenvalue weighted by atomic mass is 10.2. The fourth-order valence-electron chi connectivity index (χ4n) is 2.02. The first-order chi connectivity index (χ1) is 10.6. The Morgan fingerprint density at radius 3 is 2.95 bits per heavy atom. The molecule has 0 unspecified atom stereocenters. The number of thiazole rings is 1. The first-order valence-corrected chi connectivity index (χ1v) is 9.14. The highest BCUT2D eigenvalue weighted by atomic mass is 32.2. The van der Waals surface area contributed by atoms with Crippen LogP contribution in [0.4, 0.5) is 0 Å². The van der Waals surface area contributed by atoms with E-state index in [0.717, 1.165) is 5.69 Å². The molecule has 0 aliphatic rings. The molecule has 116 valence electrons. The minimum Gasteiger partial charge on any atom is -0.336 e. The minimum atomic E-state index is -3.61. The van der Waals surface area contributed by atoms with Crippen LogP contribution in [0.2, 0.25) is 0 Å². The molecule has 3 heterocycles. The Morgan fingerprint density at radius 1 is 1.36 bits per heavy atom. The summed E-state index contributed by atoms with van der Waals surface area (Å²) < 4.78 is 32.2. The van der Waals surface area contributed by atoms with Gasteiger partial charge in [0.15, 0.2) is 0 Å². The summed E-state index contributed by atoms with van der Waals surface area (Å²) in [4.78, 5) is 8.24. The zero-order valence-electron chi connectivity index (χ0n) is 11.8. The minimum absolute atomic E-state index is 0.108. The van der Waals surface area contributed by atoms with Crippen molar-refractivity contribution in [2.24, 2.45) is 0 Å². The van der Waals surface area contributed by atoms with Crippen molar-refractivity contribution in [3.63, 3.8) is 0 Å². The van der Waals surface area contributed by atoms with Crippen LogP contribution < -0.4 is 4.72 Å². The van der Waals surface area contributed by atoms with Crippen LogP contribution >= 0.6 is 11.3 Å². The van der Waals surface area contributed by atoms with Crippen LogP contribution in [0, 0.1) is 0 Å². The first-order valence-electron chi connectivity index (χ1n) is 6.71. The lowest BCUT2D eigenvalue weighted by Gasteiger charge is -2.05. The third-order valence-electron chi connectivity index (χ3n) is 3.18. The molecule has 0 aromatic carbocycles. The lowest BCUT2D eigenvalue weighted by molar-refractivity contribution is 0.439. The number of hydrogen-bond donors (Lipinski definition) is 1. The molecule has 0 saturated heterocycles. The van der Waals surface area contributed by atoms with Gasteiger partial charge < -0.3 is 4.52 Å². The van der Waals surface area contributed by atoms with Crippen molar-refractivity contribution in [2.75, 3.05) is 6.54 Å². The van der Waals surface area contributed by atoms with E-state index in [4.69, 9.17) is 4.52 Å². The van der Waals surface area contributed by atoms with Gasteiger partial charge in [-0.05, 0) is 12.5 Å². The largest absolute Gasteiger partial charge is 0.336 e. The molecule has 0 atom stereocenters. The highest BCUT2D eigenvalue weighted by Crippen LogP contribution is 2.20. The van der Waals surface area contributed by atoms with Crippen molar-refractivity contribution in [3.8, 4) is 0 Å². The third kappa shape index (κ3) is 3.01. The van der Waals surface area contributed by atoms with Gasteiger partial charge in [-0.15, -0.1) is 11.3 Å². The van der Waals surface area contributed by atoms with Gasteiger partial charge in [-0.2, -0.15) is 0 Å². The van der Waals surface area contributed by atoms with Crippen molar-refractivity contribution in [1.29, 1.82) is 0 Å². The molecule has 9 heteroatoms. The zero-order valence-corrected chi connectivity index (χ0v) is 13.4. The van der Waals surface area contributed by atoms with Crippen molar-refractivity contribution < 1.29 is 12.9 Å². The fourth-order valence-corrected chi connectivity index (χ4v) is 3.61. The Hall–Kier alpha value is -1.84. The molecule has 1 N–H and O–H groups in total. The van der Waals surface area contributed by atoms with E-state index < -0.39 is 10.0 Å². The monoisotopic (exact) mass is 338 g/mol. The van der Waals surface area contributed by atoms with Crippen LogP contribution in [0.3, 0.4) is 0 Å². The van der Waals surface area contributed by atoms with Crippen LogP contribution in [-0.2, 0) is 22.9 Å². The Kier molecular flexibility index (Phi) is 4.19. The van der Waals surface area contributed by atoms with Crippen molar-refractivity contribution in [1.82, 2.24) is 19.8 Å². The normalized spacial score (nSPS) is 12.0. The second kappa shape index (κ2) is 6.11. The summed E-state index contributed by atoms with van der Waals surface area (Å²) in [5.41, 5.74) is 3.63. The van der Waals surface area contributed by atoms with Gasteiger partial charge in [0.1, 0.15) is 4.90 Å². The van der Waals surface area contributed by atoms with Crippen molar-refractivity contribution >= 4 is 32.5 Å². The highest BCUT2D eigenvalue weighted by molar-refractivity contribution is 7.89. The summed E-state index contributed by atoms with van der Waals surface area (Å²) in [6.07, 6.45) is 2.47. The van der Waals surface area contributed by atoms with E-state index in [1.54, 1.807) is 11.6 Å². The third-order valence-corrected chi connectivity index (χ3v) is 5.24. The Balaban J connectivity index is 1.79. The Bertz CT molecular complexity index is 872. The van der Waals surface area contributed by atoms with Crippen molar-refractivity contribution in [3.05, 3.63) is 34.5 Å². The van der Waals surface area contributed by atoms with Crippen LogP contribution in [0.25, 0.3) is 11.1 Å². The number of nitrogens with zero attached hydrogens (tertiary/aromatic N) is 3. The van der Waals surface area contributed by atoms with Gasteiger partial charge in [-0.3, -0.25) is 0 Å². The van der Waals surface area contributed by atoms with E-state index in [0.29, 0.717) is 29.6 Å². The Labute approximate surface area is 131 Å². The fraction of sp³-hybridized carbons (Fsp3) is 0.308. The van der Waals surface area contributed by atoms with Gasteiger partial charge >= 0.3 is 0 Å². The molecule has 0 saturated carbocycles. The first kappa shape index (κ1) is 15.1. The topological polar surface area (TPSA) is 98.0 Å². The Morgan fingerprint density at radius 2 is 2.23 bits per heavy atom. The molecule has 0 bridgehead atoms. The maximum absolute atomic E-state index is 12.3. The molecule has 0 amide bonds. The second-order valence-electron chi connectivity index (χ2n) is 4.63. The summed E-state index contributed by atoms with van der Waals surface area (Å²) in [5, 5.41) is 6.40. The van der Waals surface area contributed by atoms with E-state index >= 15 is 0 Å². The van der Waals surface area contributed by atoms with Gasteiger partial charge in [0.25, 0.3) is 5.71 Å². The van der Waals surface area contributed by atoms with Gasteiger partial charge in [0.05, 0.1) is 28.5 Å². The van der Waals surface area contributed by atoms with Gasteiger partial charge in [-0.25, -0.2) is 23.1 Å². The SMILES string of the molecule is CCc1noc2ncc(S(=O)(=O)NCCc3cscn3)cc12. The number of aryl methyl sites for hydroxylation is 1. The number of pyridine rings is 1. The van der Waals surface area contributed by atoms with E-state index in [1.807, 2.05) is 12.3 Å². The average molecular weight is 338 g/mol. The van der Waals surface area contributed by atoms with Crippen LogP contribution in [0.1, 0.15) is 18.3 Å². The maximum Gasteiger partial charge on any atom is 0.258 e. The quantitative estimate of drug-likeness (QED) is 0.735. The molecule has 0 aliphatic carbocycles. The molecule has 0 fully saturated rings. The summed E-state index contributed by atoms with van der Waals surface area (Å²) in [6.45, 7) is 2.21. The van der Waals surface area contributed by atoms with Crippen LogP contribution in [0.15, 0.2) is 32.6 Å². The molecular formula is C13H14N4O3S2. The van der Waals surface area contributed by atoms with Crippen LogP contribution in [-0.4, -0.2) is 30.1 Å². The summed E-state index contributed by atoms with van der Waals surface area (Å²) >= 11 is 1.48. The predicted molar refractivity (Wildman–Crippen MR) is 82.2 cm³/mol. The van der Waals surface area contributed by atoms with E-state index in [2.05, 4.69) is 19.8 Å². The number of aromatic nitrogens is 3. The van der Waals surface area contributed by atoms with E-state index in [1.165, 1.54) is 17.5 Å². The molecule has 22 heavy (non-hydrogen) atoms. The number of sulfonamides is 1. The molecular weight excluding hydrogens is 324 g/mol. The summed E-state index contributed by atoms with van der Waals surface area (Å²) in [6, 6.07) is 1.54. The average Bonchev–Trinajstić information content (AvgIpc) is 3.15. The lowest BCUT2D eigenvalue weighted by Crippen LogP contribution is -2.26. The maximum atomic E-state index is 12.3.